The van der Waals surface area contributed by atoms with Gasteiger partial charge in [-0.1, -0.05) is 0 Å². The number of aromatic nitrogens is 1. The van der Waals surface area contributed by atoms with Crippen molar-refractivity contribution in [1.82, 2.24) is 20.9 Å². The van der Waals surface area contributed by atoms with Crippen LogP contribution in [0.2, 0.25) is 0 Å². The molecule has 6 nitrogen and oxygen atoms in total. The van der Waals surface area contributed by atoms with Gasteiger partial charge in [-0.3, -0.25) is 4.79 Å². The first-order valence-electron chi connectivity index (χ1n) is 8.54. The molecular weight excluding hydrogens is 449 g/mol. The average molecular weight is 481 g/mol. The fraction of sp³-hybridized carbons (Fsp3) is 0.706. The number of rotatable bonds is 8. The second-order valence-electron chi connectivity index (χ2n) is 6.76. The standard InChI is InChI=1S/C17H31N5OS.HI/c1-6-18-16(20-11-14(23)22-17(3,4)5)19-10-8-7-9-15-21-13(2)12-24-15;/h12H,6-11H2,1-5H3,(H,22,23)(H2,18,19,20);1H. The number of carbonyl (C=O) groups excluding carboxylic acids is 1. The highest BCUT2D eigenvalue weighted by atomic mass is 127. The van der Waals surface area contributed by atoms with Crippen molar-refractivity contribution >= 4 is 47.2 Å². The molecule has 3 N–H and O–H groups in total. The molecule has 25 heavy (non-hydrogen) atoms. The van der Waals surface area contributed by atoms with Crippen LogP contribution in [0.15, 0.2) is 10.4 Å². The maximum absolute atomic E-state index is 11.8. The zero-order valence-corrected chi connectivity index (χ0v) is 19.1. The van der Waals surface area contributed by atoms with Crippen LogP contribution in [0, 0.1) is 6.92 Å². The zero-order chi connectivity index (χ0) is 18.0. The summed E-state index contributed by atoms with van der Waals surface area (Å²) in [6.07, 6.45) is 3.14. The van der Waals surface area contributed by atoms with Crippen LogP contribution in [0.25, 0.3) is 0 Å². The number of aryl methyl sites for hydroxylation is 2. The van der Waals surface area contributed by atoms with Crippen molar-refractivity contribution in [3.63, 3.8) is 0 Å². The topological polar surface area (TPSA) is 78.4 Å². The van der Waals surface area contributed by atoms with Gasteiger partial charge in [-0.2, -0.15) is 0 Å². The van der Waals surface area contributed by atoms with Gasteiger partial charge in [-0.25, -0.2) is 9.98 Å². The molecule has 1 aromatic rings. The van der Waals surface area contributed by atoms with Gasteiger partial charge in [0.25, 0.3) is 0 Å². The molecule has 0 aliphatic heterocycles. The summed E-state index contributed by atoms with van der Waals surface area (Å²) in [6.45, 7) is 11.6. The van der Waals surface area contributed by atoms with E-state index in [-0.39, 0.29) is 42.0 Å². The minimum absolute atomic E-state index is 0. The van der Waals surface area contributed by atoms with Crippen molar-refractivity contribution in [2.75, 3.05) is 19.6 Å². The van der Waals surface area contributed by atoms with Crippen LogP contribution >= 0.6 is 35.3 Å². The number of amides is 1. The Morgan fingerprint density at radius 1 is 1.28 bits per heavy atom. The number of halogens is 1. The Bertz CT molecular complexity index is 539. The van der Waals surface area contributed by atoms with Crippen LogP contribution in [0.1, 0.15) is 51.2 Å². The monoisotopic (exact) mass is 481 g/mol. The summed E-state index contributed by atoms with van der Waals surface area (Å²) in [5, 5.41) is 12.6. The Morgan fingerprint density at radius 3 is 2.56 bits per heavy atom. The Morgan fingerprint density at radius 2 is 2.00 bits per heavy atom. The lowest BCUT2D eigenvalue weighted by molar-refractivity contribution is -0.121. The second-order valence-corrected chi connectivity index (χ2v) is 7.70. The van der Waals surface area contributed by atoms with Gasteiger partial charge in [0.1, 0.15) is 6.54 Å². The molecular formula is C17H32IN5OS. The van der Waals surface area contributed by atoms with Crippen molar-refractivity contribution in [3.05, 3.63) is 16.1 Å². The average Bonchev–Trinajstić information content (AvgIpc) is 2.88. The van der Waals surface area contributed by atoms with E-state index in [2.05, 4.69) is 31.3 Å². The largest absolute Gasteiger partial charge is 0.357 e. The fourth-order valence-electron chi connectivity index (χ4n) is 2.08. The highest BCUT2D eigenvalue weighted by molar-refractivity contribution is 14.0. The van der Waals surface area contributed by atoms with E-state index in [1.807, 2.05) is 34.6 Å². The van der Waals surface area contributed by atoms with E-state index in [4.69, 9.17) is 0 Å². The number of hydrogen-bond acceptors (Lipinski definition) is 4. The first-order chi connectivity index (χ1) is 11.3. The van der Waals surface area contributed by atoms with E-state index < -0.39 is 0 Å². The van der Waals surface area contributed by atoms with Gasteiger partial charge >= 0.3 is 0 Å². The van der Waals surface area contributed by atoms with Crippen LogP contribution in [-0.4, -0.2) is 42.0 Å². The first kappa shape index (κ1) is 24.1. The van der Waals surface area contributed by atoms with Gasteiger partial charge in [-0.15, -0.1) is 35.3 Å². The minimum atomic E-state index is -0.230. The van der Waals surface area contributed by atoms with Gasteiger partial charge < -0.3 is 16.0 Å². The number of guanidine groups is 1. The molecule has 1 aromatic heterocycles. The van der Waals surface area contributed by atoms with Crippen LogP contribution in [0.3, 0.4) is 0 Å². The zero-order valence-electron chi connectivity index (χ0n) is 15.9. The minimum Gasteiger partial charge on any atom is -0.357 e. The molecule has 1 rings (SSSR count). The first-order valence-corrected chi connectivity index (χ1v) is 9.42. The molecule has 0 aliphatic carbocycles. The number of aliphatic imine (C=N–C) groups is 1. The smallest absolute Gasteiger partial charge is 0.242 e. The normalized spacial score (nSPS) is 11.6. The van der Waals surface area contributed by atoms with Gasteiger partial charge in [0.2, 0.25) is 5.91 Å². The lowest BCUT2D eigenvalue weighted by atomic mass is 10.1. The summed E-state index contributed by atoms with van der Waals surface area (Å²) in [5.41, 5.74) is 0.871. The third kappa shape index (κ3) is 12.1. The Hall–Kier alpha value is -0.900. The van der Waals surface area contributed by atoms with Crippen LogP contribution < -0.4 is 16.0 Å². The third-order valence-electron chi connectivity index (χ3n) is 3.02. The van der Waals surface area contributed by atoms with Crippen molar-refractivity contribution < 1.29 is 4.79 Å². The van der Waals surface area contributed by atoms with Crippen molar-refractivity contribution in [3.8, 4) is 0 Å². The molecule has 144 valence electrons. The molecule has 0 atom stereocenters. The molecule has 0 bridgehead atoms. The van der Waals surface area contributed by atoms with E-state index in [0.29, 0.717) is 5.96 Å². The van der Waals surface area contributed by atoms with Crippen LogP contribution in [-0.2, 0) is 11.2 Å². The lowest BCUT2D eigenvalue weighted by Gasteiger charge is -2.20. The Balaban J connectivity index is 0.00000576. The lowest BCUT2D eigenvalue weighted by Crippen LogP contribution is -2.43. The molecule has 0 saturated carbocycles. The number of carbonyl (C=O) groups is 1. The number of nitrogens with zero attached hydrogens (tertiary/aromatic N) is 2. The number of nitrogens with one attached hydrogen (secondary N) is 3. The summed E-state index contributed by atoms with van der Waals surface area (Å²) in [4.78, 5) is 20.6. The van der Waals surface area contributed by atoms with Crippen LogP contribution in [0.5, 0.6) is 0 Å². The molecule has 0 aliphatic rings. The molecule has 1 amide bonds. The predicted octanol–water partition coefficient (Wildman–Crippen LogP) is 2.86. The van der Waals surface area contributed by atoms with E-state index in [1.165, 1.54) is 5.01 Å². The van der Waals surface area contributed by atoms with Gasteiger partial charge in [0.05, 0.1) is 5.01 Å². The summed E-state index contributed by atoms with van der Waals surface area (Å²) in [7, 11) is 0. The van der Waals surface area contributed by atoms with Gasteiger partial charge in [0.15, 0.2) is 5.96 Å². The highest BCUT2D eigenvalue weighted by Gasteiger charge is 2.13. The van der Waals surface area contributed by atoms with E-state index >= 15 is 0 Å². The van der Waals surface area contributed by atoms with Crippen molar-refractivity contribution in [2.24, 2.45) is 4.99 Å². The van der Waals surface area contributed by atoms with Gasteiger partial charge in [0, 0.05) is 29.7 Å². The summed E-state index contributed by atoms with van der Waals surface area (Å²) >= 11 is 1.73. The molecule has 1 heterocycles. The maximum Gasteiger partial charge on any atom is 0.242 e. The van der Waals surface area contributed by atoms with E-state index in [1.54, 1.807) is 11.3 Å². The Labute approximate surface area is 172 Å². The molecule has 0 saturated heterocycles. The quantitative estimate of drug-likeness (QED) is 0.231. The van der Waals surface area contributed by atoms with E-state index in [9.17, 15) is 4.79 Å². The SMILES string of the molecule is CCNC(=NCC(=O)NC(C)(C)C)NCCCCc1nc(C)cs1.I. The summed E-state index contributed by atoms with van der Waals surface area (Å²) in [5.74, 6) is 0.616. The van der Waals surface area contributed by atoms with E-state index in [0.717, 1.165) is 38.0 Å². The summed E-state index contributed by atoms with van der Waals surface area (Å²) in [6, 6.07) is 0. The number of thiazole rings is 1. The Kier molecular flexibility index (Phi) is 12.0. The number of hydrogen-bond donors (Lipinski definition) is 3. The summed E-state index contributed by atoms with van der Waals surface area (Å²) < 4.78 is 0. The van der Waals surface area contributed by atoms with Crippen molar-refractivity contribution in [1.29, 1.82) is 0 Å². The highest BCUT2D eigenvalue weighted by Crippen LogP contribution is 2.11. The molecule has 0 radical (unpaired) electrons. The molecule has 8 heteroatoms. The molecule has 0 aromatic carbocycles. The second kappa shape index (κ2) is 12.5. The maximum atomic E-state index is 11.8. The fourth-order valence-corrected chi connectivity index (χ4v) is 2.89. The predicted molar refractivity (Wildman–Crippen MR) is 117 cm³/mol. The molecule has 0 unspecified atom stereocenters. The molecule has 0 fully saturated rings. The third-order valence-corrected chi connectivity index (χ3v) is 4.04. The van der Waals surface area contributed by atoms with Crippen molar-refractivity contribution in [2.45, 2.75) is 59.4 Å². The van der Waals surface area contributed by atoms with Gasteiger partial charge in [-0.05, 0) is 53.9 Å². The number of unbranched alkanes of at least 4 members (excludes halogenated alkanes) is 1. The van der Waals surface area contributed by atoms with Crippen LogP contribution in [0.4, 0.5) is 0 Å². The molecule has 0 spiro atoms.